The Bertz CT molecular complexity index is 558. The summed E-state index contributed by atoms with van der Waals surface area (Å²) < 4.78 is 19.2. The van der Waals surface area contributed by atoms with Crippen LogP contribution in [0.1, 0.15) is 16.5 Å². The lowest BCUT2D eigenvalue weighted by atomic mass is 10.0. The van der Waals surface area contributed by atoms with Gasteiger partial charge < -0.3 is 10.1 Å². The van der Waals surface area contributed by atoms with Crippen molar-refractivity contribution in [2.45, 2.75) is 12.5 Å². The molecular formula is C14H15ClFNOS. The van der Waals surface area contributed by atoms with Crippen molar-refractivity contribution in [3.8, 4) is 5.75 Å². The maximum Gasteiger partial charge on any atom is 0.145 e. The van der Waals surface area contributed by atoms with E-state index in [1.165, 1.54) is 0 Å². The highest BCUT2D eigenvalue weighted by Crippen LogP contribution is 2.33. The van der Waals surface area contributed by atoms with Crippen LogP contribution in [0.25, 0.3) is 0 Å². The van der Waals surface area contributed by atoms with E-state index in [9.17, 15) is 4.39 Å². The average Bonchev–Trinajstić information content (AvgIpc) is 2.88. The molecule has 1 aromatic heterocycles. The molecule has 1 atom stereocenters. The van der Waals surface area contributed by atoms with Crippen molar-refractivity contribution in [1.82, 2.24) is 5.32 Å². The first-order valence-electron chi connectivity index (χ1n) is 5.89. The summed E-state index contributed by atoms with van der Waals surface area (Å²) >= 11 is 7.40. The Hall–Kier alpha value is -1.10. The Morgan fingerprint density at radius 3 is 2.89 bits per heavy atom. The minimum absolute atomic E-state index is 0.00270. The zero-order chi connectivity index (χ0) is 13.8. The van der Waals surface area contributed by atoms with Gasteiger partial charge in [0.2, 0.25) is 0 Å². The van der Waals surface area contributed by atoms with E-state index < -0.39 is 0 Å². The van der Waals surface area contributed by atoms with E-state index in [0.717, 1.165) is 10.6 Å². The van der Waals surface area contributed by atoms with E-state index in [0.29, 0.717) is 12.0 Å². The Morgan fingerprint density at radius 1 is 1.42 bits per heavy atom. The highest BCUT2D eigenvalue weighted by molar-refractivity contribution is 7.10. The molecule has 0 amide bonds. The lowest BCUT2D eigenvalue weighted by Gasteiger charge is -2.17. The molecule has 1 heterocycles. The average molecular weight is 300 g/mol. The molecule has 102 valence electrons. The second kappa shape index (κ2) is 6.37. The van der Waals surface area contributed by atoms with Gasteiger partial charge in [0.15, 0.2) is 0 Å². The Kier molecular flexibility index (Phi) is 4.80. The van der Waals surface area contributed by atoms with E-state index in [-0.39, 0.29) is 16.9 Å². The highest BCUT2D eigenvalue weighted by atomic mass is 35.5. The number of thiophene rings is 1. The van der Waals surface area contributed by atoms with Crippen LogP contribution in [-0.4, -0.2) is 14.2 Å². The van der Waals surface area contributed by atoms with Crippen molar-refractivity contribution in [1.29, 1.82) is 0 Å². The molecule has 0 aliphatic heterocycles. The normalized spacial score (nSPS) is 12.4. The van der Waals surface area contributed by atoms with Crippen molar-refractivity contribution in [3.63, 3.8) is 0 Å². The van der Waals surface area contributed by atoms with Gasteiger partial charge in [0.1, 0.15) is 11.6 Å². The van der Waals surface area contributed by atoms with Crippen LogP contribution in [0, 0.1) is 5.82 Å². The molecule has 0 aliphatic rings. The zero-order valence-electron chi connectivity index (χ0n) is 10.7. The van der Waals surface area contributed by atoms with Gasteiger partial charge in [-0.05, 0) is 36.5 Å². The maximum absolute atomic E-state index is 13.9. The number of likely N-dealkylation sites (N-methyl/N-ethyl adjacent to an activating group) is 1. The number of benzene rings is 1. The minimum atomic E-state index is -0.347. The van der Waals surface area contributed by atoms with Crippen molar-refractivity contribution in [3.05, 3.63) is 50.9 Å². The molecule has 2 nitrogen and oxygen atoms in total. The fourth-order valence-electron chi connectivity index (χ4n) is 1.98. The quantitative estimate of drug-likeness (QED) is 0.899. The molecule has 0 saturated carbocycles. The largest absolute Gasteiger partial charge is 0.496 e. The zero-order valence-corrected chi connectivity index (χ0v) is 12.3. The molecule has 0 radical (unpaired) electrons. The smallest absolute Gasteiger partial charge is 0.145 e. The SMILES string of the molecule is CNC(Cc1cccc(Cl)c1F)c1sccc1OC. The summed E-state index contributed by atoms with van der Waals surface area (Å²) in [6, 6.07) is 6.99. The number of halogens is 2. The third kappa shape index (κ3) is 3.08. The van der Waals surface area contributed by atoms with Crippen LogP contribution in [0.15, 0.2) is 29.6 Å². The van der Waals surface area contributed by atoms with Gasteiger partial charge in [-0.3, -0.25) is 0 Å². The van der Waals surface area contributed by atoms with Crippen LogP contribution in [0.2, 0.25) is 5.02 Å². The predicted octanol–water partition coefficient (Wildman–Crippen LogP) is 4.05. The molecular weight excluding hydrogens is 285 g/mol. The van der Waals surface area contributed by atoms with Gasteiger partial charge in [0, 0.05) is 6.04 Å². The molecule has 0 bridgehead atoms. The van der Waals surface area contributed by atoms with Gasteiger partial charge in [-0.2, -0.15) is 0 Å². The molecule has 2 aromatic rings. The first kappa shape index (κ1) is 14.3. The van der Waals surface area contributed by atoms with E-state index in [1.54, 1.807) is 36.6 Å². The van der Waals surface area contributed by atoms with Crippen LogP contribution in [0.4, 0.5) is 4.39 Å². The van der Waals surface area contributed by atoms with Crippen LogP contribution in [0.3, 0.4) is 0 Å². The first-order chi connectivity index (χ1) is 9.17. The number of hydrogen-bond donors (Lipinski definition) is 1. The topological polar surface area (TPSA) is 21.3 Å². The summed E-state index contributed by atoms with van der Waals surface area (Å²) in [4.78, 5) is 1.06. The Balaban J connectivity index is 2.27. The second-order valence-electron chi connectivity index (χ2n) is 4.11. The molecule has 2 rings (SSSR count). The summed E-state index contributed by atoms with van der Waals surface area (Å²) in [6.45, 7) is 0. The van der Waals surface area contributed by atoms with Crippen molar-refractivity contribution >= 4 is 22.9 Å². The fraction of sp³-hybridized carbons (Fsp3) is 0.286. The molecule has 0 saturated heterocycles. The summed E-state index contributed by atoms with van der Waals surface area (Å²) in [5.74, 6) is 0.478. The Morgan fingerprint density at radius 2 is 2.21 bits per heavy atom. The monoisotopic (exact) mass is 299 g/mol. The van der Waals surface area contributed by atoms with Crippen molar-refractivity contribution in [2.24, 2.45) is 0 Å². The third-order valence-electron chi connectivity index (χ3n) is 3.00. The lowest BCUT2D eigenvalue weighted by Crippen LogP contribution is -2.19. The van der Waals surface area contributed by atoms with Crippen LogP contribution >= 0.6 is 22.9 Å². The molecule has 0 aliphatic carbocycles. The van der Waals surface area contributed by atoms with Gasteiger partial charge in [-0.25, -0.2) is 4.39 Å². The van der Waals surface area contributed by atoms with Gasteiger partial charge in [-0.15, -0.1) is 11.3 Å². The maximum atomic E-state index is 13.9. The molecule has 19 heavy (non-hydrogen) atoms. The lowest BCUT2D eigenvalue weighted by molar-refractivity contribution is 0.404. The Labute approximate surface area is 121 Å². The molecule has 0 spiro atoms. The first-order valence-corrected chi connectivity index (χ1v) is 7.14. The summed E-state index contributed by atoms with van der Waals surface area (Å²) in [5.41, 5.74) is 0.599. The van der Waals surface area contributed by atoms with Crippen LogP contribution in [-0.2, 0) is 6.42 Å². The third-order valence-corrected chi connectivity index (χ3v) is 4.30. The minimum Gasteiger partial charge on any atom is -0.496 e. The van der Waals surface area contributed by atoms with E-state index in [2.05, 4.69) is 5.32 Å². The van der Waals surface area contributed by atoms with Crippen LogP contribution < -0.4 is 10.1 Å². The molecule has 0 fully saturated rings. The highest BCUT2D eigenvalue weighted by Gasteiger charge is 2.18. The van der Waals surface area contributed by atoms with Crippen molar-refractivity contribution in [2.75, 3.05) is 14.2 Å². The summed E-state index contributed by atoms with van der Waals surface area (Å²) in [5, 5.41) is 5.32. The molecule has 5 heteroatoms. The summed E-state index contributed by atoms with van der Waals surface area (Å²) in [6.07, 6.45) is 0.528. The van der Waals surface area contributed by atoms with E-state index >= 15 is 0 Å². The van der Waals surface area contributed by atoms with Gasteiger partial charge in [-0.1, -0.05) is 23.7 Å². The van der Waals surface area contributed by atoms with Gasteiger partial charge in [0.25, 0.3) is 0 Å². The fourth-order valence-corrected chi connectivity index (χ4v) is 3.15. The molecule has 1 N–H and O–H groups in total. The molecule has 1 unspecified atom stereocenters. The molecule has 1 aromatic carbocycles. The number of methoxy groups -OCH3 is 1. The van der Waals surface area contributed by atoms with E-state index in [1.807, 2.05) is 18.5 Å². The number of nitrogens with one attached hydrogen (secondary N) is 1. The predicted molar refractivity (Wildman–Crippen MR) is 77.8 cm³/mol. The van der Waals surface area contributed by atoms with E-state index in [4.69, 9.17) is 16.3 Å². The van der Waals surface area contributed by atoms with Gasteiger partial charge in [0.05, 0.1) is 17.0 Å². The number of hydrogen-bond acceptors (Lipinski definition) is 3. The summed E-state index contributed by atoms with van der Waals surface area (Å²) in [7, 11) is 3.49. The standard InChI is InChI=1S/C14H15ClFNOS/c1-17-11(14-12(18-2)6-7-19-14)8-9-4-3-5-10(15)13(9)16/h3-7,11,17H,8H2,1-2H3. The van der Waals surface area contributed by atoms with Gasteiger partial charge >= 0.3 is 0 Å². The van der Waals surface area contributed by atoms with Crippen LogP contribution in [0.5, 0.6) is 5.75 Å². The second-order valence-corrected chi connectivity index (χ2v) is 5.47. The van der Waals surface area contributed by atoms with Crippen molar-refractivity contribution < 1.29 is 9.13 Å². The number of rotatable bonds is 5. The number of ether oxygens (including phenoxy) is 1.